The fraction of sp³-hybridized carbons (Fsp3) is 0.133. The lowest BCUT2D eigenvalue weighted by atomic mass is 10.1. The van der Waals surface area contributed by atoms with Gasteiger partial charge in [0, 0.05) is 24.4 Å². The normalized spacial score (nSPS) is 11.6. The lowest BCUT2D eigenvalue weighted by molar-refractivity contribution is -0.384. The molecule has 1 atom stereocenters. The van der Waals surface area contributed by atoms with Gasteiger partial charge < -0.3 is 15.7 Å². The Morgan fingerprint density at radius 3 is 2.62 bits per heavy atom. The molecule has 0 saturated carbocycles. The quantitative estimate of drug-likeness (QED) is 0.576. The Balaban J connectivity index is 1.91. The van der Waals surface area contributed by atoms with E-state index in [-0.39, 0.29) is 23.5 Å². The van der Waals surface area contributed by atoms with Crippen molar-refractivity contribution in [3.63, 3.8) is 0 Å². The Morgan fingerprint density at radius 1 is 1.21 bits per heavy atom. The SMILES string of the molecule is O=C(NCC(O)c1ccc(F)c(F)c1)Nc1cccc([N+](=O)[O-])c1. The van der Waals surface area contributed by atoms with Gasteiger partial charge in [-0.2, -0.15) is 0 Å². The molecule has 0 heterocycles. The summed E-state index contributed by atoms with van der Waals surface area (Å²) in [5.74, 6) is -2.14. The number of carbonyl (C=O) groups is 1. The Hall–Kier alpha value is -3.07. The van der Waals surface area contributed by atoms with Crippen molar-refractivity contribution in [2.45, 2.75) is 6.10 Å². The first-order valence-corrected chi connectivity index (χ1v) is 6.79. The number of carbonyl (C=O) groups excluding carboxylic acids is 1. The maximum absolute atomic E-state index is 13.1. The minimum absolute atomic E-state index is 0.101. The van der Waals surface area contributed by atoms with Gasteiger partial charge in [-0.3, -0.25) is 10.1 Å². The Bertz CT molecular complexity index is 770. The van der Waals surface area contributed by atoms with E-state index in [1.54, 1.807) is 0 Å². The van der Waals surface area contributed by atoms with Crippen LogP contribution >= 0.6 is 0 Å². The second-order valence-corrected chi connectivity index (χ2v) is 4.83. The molecule has 0 aliphatic rings. The van der Waals surface area contributed by atoms with Gasteiger partial charge in [0.1, 0.15) is 0 Å². The van der Waals surface area contributed by atoms with Crippen molar-refractivity contribution in [1.82, 2.24) is 5.32 Å². The van der Waals surface area contributed by atoms with Crippen LogP contribution in [0.5, 0.6) is 0 Å². The Morgan fingerprint density at radius 2 is 1.96 bits per heavy atom. The summed E-state index contributed by atoms with van der Waals surface area (Å²) in [7, 11) is 0. The van der Waals surface area contributed by atoms with Crippen molar-refractivity contribution in [1.29, 1.82) is 0 Å². The highest BCUT2D eigenvalue weighted by Crippen LogP contribution is 2.17. The maximum atomic E-state index is 13.1. The molecule has 2 rings (SSSR count). The third-order valence-corrected chi connectivity index (χ3v) is 3.10. The topological polar surface area (TPSA) is 104 Å². The Labute approximate surface area is 135 Å². The fourth-order valence-electron chi connectivity index (χ4n) is 1.90. The molecule has 7 nitrogen and oxygen atoms in total. The van der Waals surface area contributed by atoms with Gasteiger partial charge in [-0.25, -0.2) is 13.6 Å². The van der Waals surface area contributed by atoms with Crippen LogP contribution in [0.3, 0.4) is 0 Å². The molecule has 0 spiro atoms. The number of aliphatic hydroxyl groups excluding tert-OH is 1. The van der Waals surface area contributed by atoms with Crippen LogP contribution in [0, 0.1) is 21.7 Å². The minimum Gasteiger partial charge on any atom is -0.387 e. The van der Waals surface area contributed by atoms with Crippen LogP contribution in [0.25, 0.3) is 0 Å². The van der Waals surface area contributed by atoms with Crippen molar-refractivity contribution in [2.24, 2.45) is 0 Å². The van der Waals surface area contributed by atoms with Crippen molar-refractivity contribution >= 4 is 17.4 Å². The standard InChI is InChI=1S/C15H13F2N3O4/c16-12-5-4-9(6-13(12)17)14(21)8-18-15(22)19-10-2-1-3-11(7-10)20(23)24/h1-7,14,21H,8H2,(H2,18,19,22). The minimum atomic E-state index is -1.24. The highest BCUT2D eigenvalue weighted by atomic mass is 19.2. The molecule has 2 aromatic rings. The number of anilines is 1. The number of hydrogen-bond acceptors (Lipinski definition) is 4. The van der Waals surface area contributed by atoms with E-state index in [0.717, 1.165) is 12.1 Å². The molecule has 0 aliphatic heterocycles. The summed E-state index contributed by atoms with van der Waals surface area (Å²) >= 11 is 0. The molecule has 24 heavy (non-hydrogen) atoms. The van der Waals surface area contributed by atoms with Crippen molar-refractivity contribution < 1.29 is 23.6 Å². The number of halogens is 2. The van der Waals surface area contributed by atoms with Crippen molar-refractivity contribution in [3.8, 4) is 0 Å². The van der Waals surface area contributed by atoms with Crippen LogP contribution in [-0.4, -0.2) is 22.6 Å². The molecule has 2 aromatic carbocycles. The summed E-state index contributed by atoms with van der Waals surface area (Å²) in [4.78, 5) is 21.8. The molecule has 0 aromatic heterocycles. The first kappa shape index (κ1) is 17.3. The van der Waals surface area contributed by atoms with Gasteiger partial charge in [-0.1, -0.05) is 12.1 Å². The maximum Gasteiger partial charge on any atom is 0.319 e. The van der Waals surface area contributed by atoms with Crippen LogP contribution in [0.15, 0.2) is 42.5 Å². The van der Waals surface area contributed by atoms with Gasteiger partial charge in [0.15, 0.2) is 11.6 Å². The lowest BCUT2D eigenvalue weighted by Crippen LogP contribution is -2.32. The zero-order valence-electron chi connectivity index (χ0n) is 12.2. The van der Waals surface area contributed by atoms with E-state index in [0.29, 0.717) is 0 Å². The van der Waals surface area contributed by atoms with Crippen LogP contribution in [0.1, 0.15) is 11.7 Å². The number of non-ortho nitro benzene ring substituents is 1. The first-order valence-electron chi connectivity index (χ1n) is 6.79. The number of benzene rings is 2. The predicted octanol–water partition coefficient (Wildman–Crippen LogP) is 2.73. The van der Waals surface area contributed by atoms with Gasteiger partial charge in [-0.15, -0.1) is 0 Å². The van der Waals surface area contributed by atoms with E-state index in [9.17, 15) is 28.8 Å². The number of nitrogens with zero attached hydrogens (tertiary/aromatic N) is 1. The number of aliphatic hydroxyl groups is 1. The van der Waals surface area contributed by atoms with E-state index in [2.05, 4.69) is 10.6 Å². The smallest absolute Gasteiger partial charge is 0.319 e. The van der Waals surface area contributed by atoms with Gasteiger partial charge in [0.25, 0.3) is 5.69 Å². The highest BCUT2D eigenvalue weighted by Gasteiger charge is 2.13. The monoisotopic (exact) mass is 337 g/mol. The number of amides is 2. The van der Waals surface area contributed by atoms with Crippen LogP contribution in [-0.2, 0) is 0 Å². The molecule has 0 fully saturated rings. The molecule has 126 valence electrons. The predicted molar refractivity (Wildman–Crippen MR) is 81.4 cm³/mol. The van der Waals surface area contributed by atoms with E-state index in [4.69, 9.17) is 0 Å². The summed E-state index contributed by atoms with van der Waals surface area (Å²) in [6.07, 6.45) is -1.24. The molecule has 0 bridgehead atoms. The average molecular weight is 337 g/mol. The first-order chi connectivity index (χ1) is 11.4. The summed E-state index contributed by atoms with van der Waals surface area (Å²) in [5.41, 5.74) is 0.114. The number of urea groups is 1. The number of nitrogens with one attached hydrogen (secondary N) is 2. The molecular weight excluding hydrogens is 324 g/mol. The largest absolute Gasteiger partial charge is 0.387 e. The molecule has 2 amide bonds. The lowest BCUT2D eigenvalue weighted by Gasteiger charge is -2.13. The summed E-state index contributed by atoms with van der Waals surface area (Å²) < 4.78 is 25.9. The Kier molecular flexibility index (Phi) is 5.38. The molecule has 3 N–H and O–H groups in total. The molecule has 1 unspecified atom stereocenters. The van der Waals surface area contributed by atoms with Gasteiger partial charge in [-0.05, 0) is 23.8 Å². The van der Waals surface area contributed by atoms with Crippen molar-refractivity contribution in [2.75, 3.05) is 11.9 Å². The van der Waals surface area contributed by atoms with Crippen LogP contribution in [0.4, 0.5) is 25.0 Å². The summed E-state index contributed by atoms with van der Waals surface area (Å²) in [6, 6.07) is 7.50. The third kappa shape index (κ3) is 4.46. The van der Waals surface area contributed by atoms with E-state index in [1.807, 2.05) is 0 Å². The van der Waals surface area contributed by atoms with Gasteiger partial charge in [0.05, 0.1) is 11.0 Å². The van der Waals surface area contributed by atoms with Crippen LogP contribution in [0.2, 0.25) is 0 Å². The highest BCUT2D eigenvalue weighted by molar-refractivity contribution is 5.89. The summed E-state index contributed by atoms with van der Waals surface area (Å²) in [6.45, 7) is -0.258. The van der Waals surface area contributed by atoms with Gasteiger partial charge in [0.2, 0.25) is 0 Å². The second-order valence-electron chi connectivity index (χ2n) is 4.83. The number of rotatable bonds is 5. The van der Waals surface area contributed by atoms with Gasteiger partial charge >= 0.3 is 6.03 Å². The molecule has 9 heteroatoms. The molecule has 0 saturated heterocycles. The van der Waals surface area contributed by atoms with E-state index >= 15 is 0 Å². The second kappa shape index (κ2) is 7.47. The van der Waals surface area contributed by atoms with E-state index in [1.165, 1.54) is 30.3 Å². The van der Waals surface area contributed by atoms with Crippen LogP contribution < -0.4 is 10.6 Å². The number of nitro groups is 1. The number of hydrogen-bond donors (Lipinski definition) is 3. The van der Waals surface area contributed by atoms with Crippen molar-refractivity contribution in [3.05, 3.63) is 69.8 Å². The molecule has 0 aliphatic carbocycles. The number of nitro benzene ring substituents is 1. The third-order valence-electron chi connectivity index (χ3n) is 3.10. The summed E-state index contributed by atoms with van der Waals surface area (Å²) in [5, 5.41) is 25.2. The fourth-order valence-corrected chi connectivity index (χ4v) is 1.90. The van der Waals surface area contributed by atoms with E-state index < -0.39 is 28.7 Å². The molecular formula is C15H13F2N3O4. The zero-order valence-corrected chi connectivity index (χ0v) is 12.2. The molecule has 0 radical (unpaired) electrons. The zero-order chi connectivity index (χ0) is 17.7. The average Bonchev–Trinajstić information content (AvgIpc) is 2.55.